The van der Waals surface area contributed by atoms with E-state index >= 15 is 0 Å². The van der Waals surface area contributed by atoms with Gasteiger partial charge >= 0.3 is 0 Å². The molecule has 0 bridgehead atoms. The van der Waals surface area contributed by atoms with Gasteiger partial charge in [0.1, 0.15) is 5.82 Å². The second-order valence-corrected chi connectivity index (χ2v) is 3.46. The van der Waals surface area contributed by atoms with Gasteiger partial charge in [-0.3, -0.25) is 0 Å². The number of alkyl halides is 2. The second-order valence-electron chi connectivity index (χ2n) is 3.46. The average Bonchev–Trinajstić information content (AvgIpc) is 2.17. The van der Waals surface area contributed by atoms with Crippen LogP contribution in [0.3, 0.4) is 0 Å². The summed E-state index contributed by atoms with van der Waals surface area (Å²) < 4.78 is 25.1. The summed E-state index contributed by atoms with van der Waals surface area (Å²) in [5.74, 6) is -0.0960. The minimum absolute atomic E-state index is 0.0960. The highest BCUT2D eigenvalue weighted by atomic mass is 19.3. The van der Waals surface area contributed by atoms with Gasteiger partial charge in [-0.2, -0.15) is 0 Å². The summed E-state index contributed by atoms with van der Waals surface area (Å²) in [6.07, 6.45) is -2.58. The van der Waals surface area contributed by atoms with Gasteiger partial charge in [0, 0.05) is 5.39 Å². The van der Waals surface area contributed by atoms with E-state index in [9.17, 15) is 8.78 Å². The van der Waals surface area contributed by atoms with Crippen LogP contribution in [-0.4, -0.2) is 4.98 Å². The molecule has 0 atom stereocenters. The van der Waals surface area contributed by atoms with Gasteiger partial charge in [-0.25, -0.2) is 13.8 Å². The quantitative estimate of drug-likeness (QED) is 0.782. The molecule has 0 unspecified atom stereocenters. The Bertz CT molecular complexity index is 509. The summed E-state index contributed by atoms with van der Waals surface area (Å²) in [4.78, 5) is 3.94. The van der Waals surface area contributed by atoms with Crippen LogP contribution in [0.25, 0.3) is 10.9 Å². The number of pyridine rings is 1. The number of nitrogen functional groups attached to an aromatic ring is 1. The van der Waals surface area contributed by atoms with Crippen molar-refractivity contribution in [2.45, 2.75) is 13.3 Å². The molecule has 0 amide bonds. The maximum absolute atomic E-state index is 12.5. The molecule has 4 heteroatoms. The fourth-order valence-corrected chi connectivity index (χ4v) is 1.50. The number of anilines is 1. The van der Waals surface area contributed by atoms with Crippen LogP contribution < -0.4 is 5.73 Å². The molecule has 0 aliphatic carbocycles. The minimum Gasteiger partial charge on any atom is -0.383 e. The van der Waals surface area contributed by atoms with Crippen LogP contribution >= 0.6 is 0 Å². The van der Waals surface area contributed by atoms with Crippen LogP contribution in [0.15, 0.2) is 24.3 Å². The zero-order valence-electron chi connectivity index (χ0n) is 8.17. The third-order valence-corrected chi connectivity index (χ3v) is 2.27. The van der Waals surface area contributed by atoms with Crippen molar-refractivity contribution in [1.82, 2.24) is 4.98 Å². The largest absolute Gasteiger partial charge is 0.383 e. The van der Waals surface area contributed by atoms with Crippen LogP contribution in [0, 0.1) is 6.92 Å². The zero-order valence-corrected chi connectivity index (χ0v) is 8.17. The first-order chi connectivity index (χ1) is 7.08. The number of aromatic nitrogens is 1. The maximum atomic E-state index is 12.5. The molecule has 2 aromatic rings. The Morgan fingerprint density at radius 3 is 2.67 bits per heavy atom. The fourth-order valence-electron chi connectivity index (χ4n) is 1.50. The Hall–Kier alpha value is -1.71. The van der Waals surface area contributed by atoms with Crippen molar-refractivity contribution in [3.8, 4) is 0 Å². The van der Waals surface area contributed by atoms with Crippen molar-refractivity contribution in [2.24, 2.45) is 0 Å². The predicted molar refractivity (Wildman–Crippen MR) is 55.8 cm³/mol. The third-order valence-electron chi connectivity index (χ3n) is 2.27. The number of nitrogens with zero attached hydrogens (tertiary/aromatic N) is 1. The van der Waals surface area contributed by atoms with Crippen molar-refractivity contribution < 1.29 is 8.78 Å². The van der Waals surface area contributed by atoms with Crippen molar-refractivity contribution >= 4 is 16.7 Å². The van der Waals surface area contributed by atoms with E-state index in [4.69, 9.17) is 5.73 Å². The van der Waals surface area contributed by atoms with E-state index in [2.05, 4.69) is 4.98 Å². The molecule has 1 aromatic carbocycles. The van der Waals surface area contributed by atoms with E-state index in [1.807, 2.05) is 19.1 Å². The van der Waals surface area contributed by atoms with Crippen LogP contribution in [0.4, 0.5) is 14.6 Å². The number of hydrogen-bond donors (Lipinski definition) is 1. The number of nitrogens with two attached hydrogens (primary N) is 1. The number of aryl methyl sites for hydroxylation is 1. The summed E-state index contributed by atoms with van der Waals surface area (Å²) in [7, 11) is 0. The molecule has 2 rings (SSSR count). The van der Waals surface area contributed by atoms with Gasteiger partial charge < -0.3 is 5.73 Å². The van der Waals surface area contributed by atoms with Gasteiger partial charge in [0.05, 0.1) is 11.1 Å². The number of rotatable bonds is 1. The van der Waals surface area contributed by atoms with E-state index in [1.165, 1.54) is 6.07 Å². The lowest BCUT2D eigenvalue weighted by atomic mass is 10.1. The smallest absolute Gasteiger partial charge is 0.267 e. The third kappa shape index (κ3) is 1.75. The van der Waals surface area contributed by atoms with Gasteiger partial charge in [0.2, 0.25) is 0 Å². The first-order valence-corrected chi connectivity index (χ1v) is 4.53. The van der Waals surface area contributed by atoms with Gasteiger partial charge in [0.15, 0.2) is 0 Å². The Morgan fingerprint density at radius 1 is 1.27 bits per heavy atom. The minimum atomic E-state index is -2.58. The topological polar surface area (TPSA) is 38.9 Å². The molecular weight excluding hydrogens is 198 g/mol. The average molecular weight is 208 g/mol. The van der Waals surface area contributed by atoms with E-state index in [0.29, 0.717) is 10.9 Å². The van der Waals surface area contributed by atoms with E-state index < -0.39 is 6.43 Å². The lowest BCUT2D eigenvalue weighted by Crippen LogP contribution is -1.98. The van der Waals surface area contributed by atoms with Crippen LogP contribution in [0.1, 0.15) is 17.6 Å². The summed E-state index contributed by atoms with van der Waals surface area (Å²) in [5.41, 5.74) is 6.88. The summed E-state index contributed by atoms with van der Waals surface area (Å²) in [6.45, 7) is 1.90. The first kappa shape index (κ1) is 9.83. The SMILES string of the molecule is Cc1ccc2nc(N)c(C(F)F)cc2c1. The lowest BCUT2D eigenvalue weighted by molar-refractivity contribution is 0.152. The normalized spacial score (nSPS) is 11.2. The lowest BCUT2D eigenvalue weighted by Gasteiger charge is -2.06. The standard InChI is InChI=1S/C11H10F2N2/c1-6-2-3-9-7(4-6)5-8(10(12)13)11(14)15-9/h2-5,10H,1H3,(H2,14,15). The van der Waals surface area contributed by atoms with Gasteiger partial charge in [-0.05, 0) is 25.1 Å². The molecule has 0 saturated heterocycles. The molecule has 0 aliphatic heterocycles. The van der Waals surface area contributed by atoms with Crippen molar-refractivity contribution in [2.75, 3.05) is 5.73 Å². The van der Waals surface area contributed by atoms with Gasteiger partial charge in [-0.1, -0.05) is 11.6 Å². The number of hydrogen-bond acceptors (Lipinski definition) is 2. The highest BCUT2D eigenvalue weighted by Crippen LogP contribution is 2.27. The molecule has 0 saturated carbocycles. The number of benzene rings is 1. The molecule has 0 fully saturated rings. The van der Waals surface area contributed by atoms with Gasteiger partial charge in [0.25, 0.3) is 6.43 Å². The van der Waals surface area contributed by atoms with E-state index in [1.54, 1.807) is 6.07 Å². The van der Waals surface area contributed by atoms with Crippen LogP contribution in [0.2, 0.25) is 0 Å². The summed E-state index contributed by atoms with van der Waals surface area (Å²) in [5, 5.41) is 0.694. The van der Waals surface area contributed by atoms with Crippen LogP contribution in [0.5, 0.6) is 0 Å². The molecule has 0 radical (unpaired) electrons. The van der Waals surface area contributed by atoms with E-state index in [0.717, 1.165) is 5.56 Å². The zero-order chi connectivity index (χ0) is 11.0. The maximum Gasteiger partial charge on any atom is 0.267 e. The van der Waals surface area contributed by atoms with E-state index in [-0.39, 0.29) is 11.4 Å². The van der Waals surface area contributed by atoms with Crippen LogP contribution in [-0.2, 0) is 0 Å². The molecule has 0 aliphatic rings. The van der Waals surface area contributed by atoms with Crippen molar-refractivity contribution in [3.63, 3.8) is 0 Å². The van der Waals surface area contributed by atoms with Gasteiger partial charge in [-0.15, -0.1) is 0 Å². The molecular formula is C11H10F2N2. The Labute approximate surface area is 85.7 Å². The molecule has 78 valence electrons. The first-order valence-electron chi connectivity index (χ1n) is 4.53. The molecule has 15 heavy (non-hydrogen) atoms. The number of halogens is 2. The molecule has 2 nitrogen and oxygen atoms in total. The predicted octanol–water partition coefficient (Wildman–Crippen LogP) is 3.06. The monoisotopic (exact) mass is 208 g/mol. The van der Waals surface area contributed by atoms with Crippen molar-refractivity contribution in [1.29, 1.82) is 0 Å². The second kappa shape index (κ2) is 3.46. The Morgan fingerprint density at radius 2 is 2.00 bits per heavy atom. The summed E-state index contributed by atoms with van der Waals surface area (Å²) >= 11 is 0. The molecule has 0 spiro atoms. The highest BCUT2D eigenvalue weighted by molar-refractivity contribution is 5.82. The molecule has 1 aromatic heterocycles. The molecule has 1 heterocycles. The fraction of sp³-hybridized carbons (Fsp3) is 0.182. The number of fused-ring (bicyclic) bond motifs is 1. The summed E-state index contributed by atoms with van der Waals surface area (Å²) in [6, 6.07) is 6.86. The molecule has 2 N–H and O–H groups in total. The highest BCUT2D eigenvalue weighted by Gasteiger charge is 2.13. The Balaban J connectivity index is 2.72. The Kier molecular flexibility index (Phi) is 2.26. The van der Waals surface area contributed by atoms with Crippen molar-refractivity contribution in [3.05, 3.63) is 35.4 Å².